The van der Waals surface area contributed by atoms with Crippen LogP contribution >= 0.6 is 11.3 Å². The summed E-state index contributed by atoms with van der Waals surface area (Å²) in [6.45, 7) is 0. The fourth-order valence-electron chi connectivity index (χ4n) is 3.57. The number of hydrogen-bond acceptors (Lipinski definition) is 5. The highest BCUT2D eigenvalue weighted by atomic mass is 32.1. The standard InChI is InChI=1S/C22H21NO4S/c1-25-14-6-4-13(5-7-14)18-12-28-22-17(11-20(24)23-21(18)22)16-9-8-15(26-2)10-19(16)27-3/h4-10,12,17H,11H2,1-3H3,(H,23,24)/t17-/m1/s1. The van der Waals surface area contributed by atoms with Crippen molar-refractivity contribution in [3.63, 3.8) is 0 Å². The van der Waals surface area contributed by atoms with Gasteiger partial charge in [-0.25, -0.2) is 0 Å². The van der Waals surface area contributed by atoms with Gasteiger partial charge in [0.2, 0.25) is 5.91 Å². The second-order valence-corrected chi connectivity index (χ2v) is 7.44. The average molecular weight is 395 g/mol. The molecule has 28 heavy (non-hydrogen) atoms. The van der Waals surface area contributed by atoms with Gasteiger partial charge in [-0.3, -0.25) is 4.79 Å². The number of nitrogens with one attached hydrogen (secondary N) is 1. The van der Waals surface area contributed by atoms with E-state index in [1.165, 1.54) is 0 Å². The van der Waals surface area contributed by atoms with Crippen LogP contribution < -0.4 is 19.5 Å². The van der Waals surface area contributed by atoms with Gasteiger partial charge in [0.1, 0.15) is 17.2 Å². The molecule has 0 radical (unpaired) electrons. The molecule has 1 aromatic heterocycles. The molecule has 1 N–H and O–H groups in total. The molecule has 1 atom stereocenters. The predicted molar refractivity (Wildman–Crippen MR) is 111 cm³/mol. The van der Waals surface area contributed by atoms with Gasteiger partial charge in [0.25, 0.3) is 0 Å². The van der Waals surface area contributed by atoms with Crippen molar-refractivity contribution >= 4 is 22.9 Å². The van der Waals surface area contributed by atoms with Gasteiger partial charge in [0.05, 0.1) is 27.0 Å². The van der Waals surface area contributed by atoms with Crippen molar-refractivity contribution in [2.24, 2.45) is 0 Å². The molecule has 3 aromatic rings. The Morgan fingerprint density at radius 3 is 2.36 bits per heavy atom. The molecule has 1 aliphatic heterocycles. The van der Waals surface area contributed by atoms with Crippen molar-refractivity contribution in [3.8, 4) is 28.4 Å². The molecule has 1 aliphatic rings. The number of hydrogen-bond donors (Lipinski definition) is 1. The first kappa shape index (κ1) is 18.4. The van der Waals surface area contributed by atoms with Crippen molar-refractivity contribution in [1.29, 1.82) is 0 Å². The number of methoxy groups -OCH3 is 3. The summed E-state index contributed by atoms with van der Waals surface area (Å²) >= 11 is 1.66. The second kappa shape index (κ2) is 7.56. The largest absolute Gasteiger partial charge is 0.497 e. The fraction of sp³-hybridized carbons (Fsp3) is 0.227. The van der Waals surface area contributed by atoms with Gasteiger partial charge in [0, 0.05) is 39.8 Å². The molecule has 2 heterocycles. The molecule has 0 saturated carbocycles. The number of anilines is 1. The summed E-state index contributed by atoms with van der Waals surface area (Å²) in [7, 11) is 4.91. The summed E-state index contributed by atoms with van der Waals surface area (Å²) in [5.74, 6) is 2.21. The molecule has 5 nitrogen and oxygen atoms in total. The molecule has 4 rings (SSSR count). The van der Waals surface area contributed by atoms with E-state index in [9.17, 15) is 4.79 Å². The van der Waals surface area contributed by atoms with Gasteiger partial charge in [0.15, 0.2) is 0 Å². The maximum absolute atomic E-state index is 12.5. The Morgan fingerprint density at radius 2 is 1.68 bits per heavy atom. The number of benzene rings is 2. The highest BCUT2D eigenvalue weighted by Gasteiger charge is 2.32. The molecule has 144 valence electrons. The lowest BCUT2D eigenvalue weighted by Crippen LogP contribution is -2.22. The van der Waals surface area contributed by atoms with E-state index in [4.69, 9.17) is 14.2 Å². The Labute approximate surface area is 167 Å². The molecular weight excluding hydrogens is 374 g/mol. The molecule has 0 fully saturated rings. The van der Waals surface area contributed by atoms with Crippen LogP contribution in [0, 0.1) is 0 Å². The zero-order chi connectivity index (χ0) is 19.7. The van der Waals surface area contributed by atoms with Crippen LogP contribution in [0.3, 0.4) is 0 Å². The third-order valence-electron chi connectivity index (χ3n) is 5.01. The summed E-state index contributed by atoms with van der Waals surface area (Å²) in [5.41, 5.74) is 3.94. The highest BCUT2D eigenvalue weighted by Crippen LogP contribution is 2.48. The van der Waals surface area contributed by atoms with Crippen LogP contribution in [-0.2, 0) is 4.79 Å². The van der Waals surface area contributed by atoms with Gasteiger partial charge in [-0.2, -0.15) is 0 Å². The molecule has 0 unspecified atom stereocenters. The molecule has 0 spiro atoms. The Morgan fingerprint density at radius 1 is 0.964 bits per heavy atom. The summed E-state index contributed by atoms with van der Waals surface area (Å²) in [4.78, 5) is 13.7. The van der Waals surface area contributed by atoms with E-state index in [0.717, 1.165) is 44.5 Å². The van der Waals surface area contributed by atoms with E-state index in [1.807, 2.05) is 42.5 Å². The SMILES string of the molecule is COc1ccc(-c2csc3c2NC(=O)C[C@@H]3c2ccc(OC)cc2OC)cc1. The maximum Gasteiger partial charge on any atom is 0.225 e. The third-order valence-corrected chi connectivity index (χ3v) is 6.10. The fourth-order valence-corrected chi connectivity index (χ4v) is 4.72. The van der Waals surface area contributed by atoms with E-state index in [-0.39, 0.29) is 11.8 Å². The maximum atomic E-state index is 12.5. The van der Waals surface area contributed by atoms with E-state index in [2.05, 4.69) is 10.7 Å². The quantitative estimate of drug-likeness (QED) is 0.667. The zero-order valence-corrected chi connectivity index (χ0v) is 16.8. The molecular formula is C22H21NO4S. The summed E-state index contributed by atoms with van der Waals surface area (Å²) in [6, 6.07) is 13.6. The normalized spacial score (nSPS) is 15.5. The van der Waals surface area contributed by atoms with Crippen molar-refractivity contribution in [3.05, 3.63) is 58.3 Å². The van der Waals surface area contributed by atoms with Crippen LogP contribution in [0.5, 0.6) is 17.2 Å². The van der Waals surface area contributed by atoms with Crippen LogP contribution in [0.4, 0.5) is 5.69 Å². The Kier molecular flexibility index (Phi) is 4.96. The monoisotopic (exact) mass is 395 g/mol. The van der Waals surface area contributed by atoms with Crippen molar-refractivity contribution in [2.45, 2.75) is 12.3 Å². The second-order valence-electron chi connectivity index (χ2n) is 6.53. The highest BCUT2D eigenvalue weighted by molar-refractivity contribution is 7.11. The van der Waals surface area contributed by atoms with E-state index < -0.39 is 0 Å². The first-order valence-corrected chi connectivity index (χ1v) is 9.80. The number of thiophene rings is 1. The number of carbonyl (C=O) groups is 1. The molecule has 0 saturated heterocycles. The number of amides is 1. The Hall–Kier alpha value is -2.99. The lowest BCUT2D eigenvalue weighted by molar-refractivity contribution is -0.116. The predicted octanol–water partition coefficient (Wildman–Crippen LogP) is 4.92. The number of fused-ring (bicyclic) bond motifs is 1. The smallest absolute Gasteiger partial charge is 0.225 e. The van der Waals surface area contributed by atoms with E-state index >= 15 is 0 Å². The van der Waals surface area contributed by atoms with Gasteiger partial charge in [-0.1, -0.05) is 18.2 Å². The van der Waals surface area contributed by atoms with Crippen LogP contribution in [-0.4, -0.2) is 27.2 Å². The summed E-state index contributed by atoms with van der Waals surface area (Å²) in [5, 5.41) is 5.17. The van der Waals surface area contributed by atoms with Gasteiger partial charge < -0.3 is 19.5 Å². The summed E-state index contributed by atoms with van der Waals surface area (Å²) in [6.07, 6.45) is 0.387. The van der Waals surface area contributed by atoms with Crippen LogP contribution in [0.1, 0.15) is 22.8 Å². The topological polar surface area (TPSA) is 56.8 Å². The average Bonchev–Trinajstić information content (AvgIpc) is 3.16. The van der Waals surface area contributed by atoms with Crippen molar-refractivity contribution in [2.75, 3.05) is 26.6 Å². The van der Waals surface area contributed by atoms with E-state index in [1.54, 1.807) is 32.7 Å². The first-order chi connectivity index (χ1) is 13.6. The van der Waals surface area contributed by atoms with Crippen LogP contribution in [0.25, 0.3) is 11.1 Å². The van der Waals surface area contributed by atoms with Gasteiger partial charge >= 0.3 is 0 Å². The summed E-state index contributed by atoms with van der Waals surface area (Å²) < 4.78 is 16.1. The van der Waals surface area contributed by atoms with Crippen molar-refractivity contribution < 1.29 is 19.0 Å². The van der Waals surface area contributed by atoms with Crippen LogP contribution in [0.2, 0.25) is 0 Å². The van der Waals surface area contributed by atoms with Crippen LogP contribution in [0.15, 0.2) is 47.8 Å². The molecule has 6 heteroatoms. The molecule has 0 bridgehead atoms. The molecule has 1 amide bonds. The Balaban J connectivity index is 1.78. The lowest BCUT2D eigenvalue weighted by Gasteiger charge is -2.25. The van der Waals surface area contributed by atoms with Gasteiger partial charge in [-0.05, 0) is 23.8 Å². The minimum absolute atomic E-state index is 0.00327. The zero-order valence-electron chi connectivity index (χ0n) is 15.9. The van der Waals surface area contributed by atoms with Crippen molar-refractivity contribution in [1.82, 2.24) is 0 Å². The third kappa shape index (κ3) is 3.20. The number of rotatable bonds is 5. The molecule has 2 aromatic carbocycles. The van der Waals surface area contributed by atoms with Gasteiger partial charge in [-0.15, -0.1) is 11.3 Å². The minimum atomic E-state index is -0.0541. The number of carbonyl (C=O) groups excluding carboxylic acids is 1. The number of ether oxygens (including phenoxy) is 3. The lowest BCUT2D eigenvalue weighted by atomic mass is 9.88. The van der Waals surface area contributed by atoms with E-state index in [0.29, 0.717) is 6.42 Å². The molecule has 0 aliphatic carbocycles. The Bertz CT molecular complexity index is 1010. The first-order valence-electron chi connectivity index (χ1n) is 8.92. The minimum Gasteiger partial charge on any atom is -0.497 e.